The monoisotopic (exact) mass is 327 g/mol. The second kappa shape index (κ2) is 6.32. The van der Waals surface area contributed by atoms with Crippen LogP contribution < -0.4 is 5.32 Å². The van der Waals surface area contributed by atoms with E-state index in [1.54, 1.807) is 6.26 Å². The predicted molar refractivity (Wildman–Crippen MR) is 92.9 cm³/mol. The number of thiocarbonyl (C=S) groups is 1. The summed E-state index contributed by atoms with van der Waals surface area (Å²) in [5.74, 6) is 0.957. The second-order valence-corrected chi connectivity index (χ2v) is 6.73. The summed E-state index contributed by atoms with van der Waals surface area (Å²) in [6.45, 7) is 0. The van der Waals surface area contributed by atoms with Gasteiger partial charge in [0.05, 0.1) is 18.0 Å². The van der Waals surface area contributed by atoms with Crippen LogP contribution in [0.1, 0.15) is 55.6 Å². The largest absolute Gasteiger partial charge is 0.467 e. The normalized spacial score (nSPS) is 25.6. The van der Waals surface area contributed by atoms with Crippen molar-refractivity contribution in [1.29, 1.82) is 0 Å². The molecule has 3 heterocycles. The van der Waals surface area contributed by atoms with Crippen molar-refractivity contribution in [3.63, 3.8) is 0 Å². The molecule has 1 aliphatic carbocycles. The van der Waals surface area contributed by atoms with Crippen LogP contribution in [0.15, 0.2) is 47.2 Å². The predicted octanol–water partition coefficient (Wildman–Crippen LogP) is 3.98. The summed E-state index contributed by atoms with van der Waals surface area (Å²) in [6, 6.07) is 10.6. The molecule has 0 unspecified atom stereocenters. The van der Waals surface area contributed by atoms with E-state index in [9.17, 15) is 0 Å². The van der Waals surface area contributed by atoms with Crippen LogP contribution in [0, 0.1) is 0 Å². The van der Waals surface area contributed by atoms with Gasteiger partial charge in [-0.3, -0.25) is 4.98 Å². The van der Waals surface area contributed by atoms with Crippen LogP contribution >= 0.6 is 12.2 Å². The van der Waals surface area contributed by atoms with Crippen molar-refractivity contribution >= 4 is 17.3 Å². The number of rotatable bonds is 3. The molecule has 23 heavy (non-hydrogen) atoms. The molecule has 2 fully saturated rings. The molecule has 4 rings (SSSR count). The van der Waals surface area contributed by atoms with Crippen molar-refractivity contribution < 1.29 is 4.42 Å². The van der Waals surface area contributed by atoms with E-state index in [0.29, 0.717) is 6.04 Å². The number of aromatic nitrogens is 1. The summed E-state index contributed by atoms with van der Waals surface area (Å²) in [4.78, 5) is 6.91. The smallest absolute Gasteiger partial charge is 0.170 e. The van der Waals surface area contributed by atoms with E-state index in [0.717, 1.165) is 16.6 Å². The van der Waals surface area contributed by atoms with Crippen LogP contribution in [0.4, 0.5) is 0 Å². The third kappa shape index (κ3) is 2.74. The molecule has 2 aromatic rings. The van der Waals surface area contributed by atoms with Gasteiger partial charge < -0.3 is 14.6 Å². The Bertz CT molecular complexity index is 652. The highest BCUT2D eigenvalue weighted by molar-refractivity contribution is 7.80. The number of hydrogen-bond acceptors (Lipinski definition) is 3. The van der Waals surface area contributed by atoms with E-state index in [2.05, 4.69) is 21.3 Å². The third-order valence-electron chi connectivity index (χ3n) is 4.94. The van der Waals surface area contributed by atoms with Gasteiger partial charge in [-0.25, -0.2) is 0 Å². The van der Waals surface area contributed by atoms with Crippen molar-refractivity contribution in [1.82, 2.24) is 15.2 Å². The van der Waals surface area contributed by atoms with Gasteiger partial charge in [-0.05, 0) is 49.3 Å². The SMILES string of the molecule is S=C1N[C@@H](c2ccccn2)[C@H](c2ccco2)N1C1CCCCC1. The van der Waals surface area contributed by atoms with Gasteiger partial charge in [0.1, 0.15) is 11.8 Å². The topological polar surface area (TPSA) is 41.3 Å². The van der Waals surface area contributed by atoms with Crippen molar-refractivity contribution in [2.75, 3.05) is 0 Å². The Kier molecular flexibility index (Phi) is 4.04. The first-order valence-electron chi connectivity index (χ1n) is 8.38. The maximum absolute atomic E-state index is 5.77. The quantitative estimate of drug-likeness (QED) is 0.864. The molecule has 0 radical (unpaired) electrons. The van der Waals surface area contributed by atoms with E-state index < -0.39 is 0 Å². The zero-order valence-corrected chi connectivity index (χ0v) is 13.8. The Morgan fingerprint density at radius 1 is 1.13 bits per heavy atom. The molecule has 0 spiro atoms. The first-order valence-corrected chi connectivity index (χ1v) is 8.78. The summed E-state index contributed by atoms with van der Waals surface area (Å²) in [6.07, 6.45) is 9.88. The molecule has 4 nitrogen and oxygen atoms in total. The lowest BCUT2D eigenvalue weighted by Gasteiger charge is -2.36. The lowest BCUT2D eigenvalue weighted by Crippen LogP contribution is -2.40. The fourth-order valence-electron chi connectivity index (χ4n) is 3.88. The lowest BCUT2D eigenvalue weighted by atomic mass is 9.92. The van der Waals surface area contributed by atoms with Crippen LogP contribution in [0.5, 0.6) is 0 Å². The van der Waals surface area contributed by atoms with Gasteiger partial charge >= 0.3 is 0 Å². The van der Waals surface area contributed by atoms with Crippen molar-refractivity contribution in [3.8, 4) is 0 Å². The Balaban J connectivity index is 1.71. The fourth-order valence-corrected chi connectivity index (χ4v) is 4.27. The van der Waals surface area contributed by atoms with Crippen LogP contribution in [0.2, 0.25) is 0 Å². The van der Waals surface area contributed by atoms with Crippen LogP contribution in [-0.4, -0.2) is 21.0 Å². The van der Waals surface area contributed by atoms with Crippen molar-refractivity contribution in [2.45, 2.75) is 50.2 Å². The minimum Gasteiger partial charge on any atom is -0.467 e. The van der Waals surface area contributed by atoms with Gasteiger partial charge in [-0.2, -0.15) is 0 Å². The Morgan fingerprint density at radius 2 is 2.00 bits per heavy atom. The molecule has 0 bridgehead atoms. The van der Waals surface area contributed by atoms with Crippen LogP contribution in [-0.2, 0) is 0 Å². The molecule has 2 aromatic heterocycles. The minimum atomic E-state index is 0.0387. The van der Waals surface area contributed by atoms with Gasteiger partial charge in [-0.1, -0.05) is 25.3 Å². The summed E-state index contributed by atoms with van der Waals surface area (Å²) >= 11 is 5.69. The molecule has 1 saturated heterocycles. The Hall–Kier alpha value is -1.88. The maximum atomic E-state index is 5.77. The zero-order valence-electron chi connectivity index (χ0n) is 13.0. The molecule has 2 atom stereocenters. The molecule has 5 heteroatoms. The maximum Gasteiger partial charge on any atom is 0.170 e. The molecular weight excluding hydrogens is 306 g/mol. The zero-order chi connectivity index (χ0) is 15.6. The Labute approximate surface area is 141 Å². The summed E-state index contributed by atoms with van der Waals surface area (Å²) in [7, 11) is 0. The van der Waals surface area contributed by atoms with Crippen molar-refractivity contribution in [3.05, 3.63) is 54.2 Å². The molecular formula is C18H21N3OS. The van der Waals surface area contributed by atoms with Gasteiger partial charge in [0.25, 0.3) is 0 Å². The standard InChI is InChI=1S/C18H21N3OS/c23-18-20-16(14-9-4-5-11-19-14)17(15-10-6-12-22-15)21(18)13-7-2-1-3-8-13/h4-6,9-13,16-17H,1-3,7-8H2,(H,20,23)/t16-,17-/m0/s1. The number of nitrogens with one attached hydrogen (secondary N) is 1. The molecule has 120 valence electrons. The molecule has 0 aromatic carbocycles. The van der Waals surface area contributed by atoms with E-state index in [1.807, 2.05) is 30.5 Å². The number of pyridine rings is 1. The fraction of sp³-hybridized carbons (Fsp3) is 0.444. The van der Waals surface area contributed by atoms with Crippen LogP contribution in [0.3, 0.4) is 0 Å². The number of hydrogen-bond donors (Lipinski definition) is 1. The third-order valence-corrected chi connectivity index (χ3v) is 5.27. The van der Waals surface area contributed by atoms with Gasteiger partial charge in [0, 0.05) is 12.2 Å². The molecule has 1 N–H and O–H groups in total. The summed E-state index contributed by atoms with van der Waals surface area (Å²) in [5, 5.41) is 4.32. The number of nitrogens with zero attached hydrogens (tertiary/aromatic N) is 2. The van der Waals surface area contributed by atoms with E-state index in [4.69, 9.17) is 16.6 Å². The second-order valence-electron chi connectivity index (χ2n) is 6.34. The number of furan rings is 1. The average molecular weight is 327 g/mol. The molecule has 1 saturated carbocycles. The lowest BCUT2D eigenvalue weighted by molar-refractivity contribution is 0.178. The summed E-state index contributed by atoms with van der Waals surface area (Å²) in [5.41, 5.74) is 1.01. The summed E-state index contributed by atoms with van der Waals surface area (Å²) < 4.78 is 5.77. The highest BCUT2D eigenvalue weighted by Gasteiger charge is 2.44. The van der Waals surface area contributed by atoms with E-state index >= 15 is 0 Å². The Morgan fingerprint density at radius 3 is 2.70 bits per heavy atom. The van der Waals surface area contributed by atoms with E-state index in [-0.39, 0.29) is 12.1 Å². The van der Waals surface area contributed by atoms with E-state index in [1.165, 1.54) is 32.1 Å². The first-order chi connectivity index (χ1) is 11.3. The first kappa shape index (κ1) is 14.7. The highest BCUT2D eigenvalue weighted by atomic mass is 32.1. The van der Waals surface area contributed by atoms with Gasteiger partial charge in [-0.15, -0.1) is 0 Å². The van der Waals surface area contributed by atoms with Crippen molar-refractivity contribution in [2.24, 2.45) is 0 Å². The molecule has 0 amide bonds. The molecule has 1 aliphatic heterocycles. The van der Waals surface area contributed by atoms with Gasteiger partial charge in [0.2, 0.25) is 0 Å². The van der Waals surface area contributed by atoms with Crippen LogP contribution in [0.25, 0.3) is 0 Å². The average Bonchev–Trinajstić information content (AvgIpc) is 3.24. The highest BCUT2D eigenvalue weighted by Crippen LogP contribution is 2.42. The minimum absolute atomic E-state index is 0.0387. The molecule has 2 aliphatic rings. The van der Waals surface area contributed by atoms with Gasteiger partial charge in [0.15, 0.2) is 5.11 Å².